The van der Waals surface area contributed by atoms with Gasteiger partial charge in [0.15, 0.2) is 5.11 Å². The predicted octanol–water partition coefficient (Wildman–Crippen LogP) is 4.52. The smallest absolute Gasteiger partial charge is 0.335 e. The van der Waals surface area contributed by atoms with Gasteiger partial charge in [-0.2, -0.15) is 0 Å². The zero-order chi connectivity index (χ0) is 25.6. The molecule has 178 valence electrons. The van der Waals surface area contributed by atoms with Crippen LogP contribution in [0.5, 0.6) is 5.75 Å². The number of carboxylic acid groups (broad SMARTS) is 1. The summed E-state index contributed by atoms with van der Waals surface area (Å²) in [5.41, 5.74) is 1.26. The van der Waals surface area contributed by atoms with Crippen molar-refractivity contribution >= 4 is 46.9 Å². The number of aromatic carboxylic acids is 1. The molecule has 34 heavy (non-hydrogen) atoms. The van der Waals surface area contributed by atoms with Crippen LogP contribution in [0.3, 0.4) is 0 Å². The largest absolute Gasteiger partial charge is 0.507 e. The molecule has 0 saturated carbocycles. The Labute approximate surface area is 204 Å². The Balaban J connectivity index is 2.16. The summed E-state index contributed by atoms with van der Waals surface area (Å²) in [7, 11) is 0. The second kappa shape index (κ2) is 8.68. The summed E-state index contributed by atoms with van der Waals surface area (Å²) in [4.78, 5) is 38.6. The van der Waals surface area contributed by atoms with E-state index in [1.807, 2.05) is 41.5 Å². The van der Waals surface area contributed by atoms with E-state index in [-0.39, 0.29) is 38.5 Å². The van der Waals surface area contributed by atoms with Gasteiger partial charge in [0.1, 0.15) is 11.3 Å². The number of phenolic OH excluding ortho intramolecular Hbond substituents is 1. The van der Waals surface area contributed by atoms with E-state index >= 15 is 0 Å². The van der Waals surface area contributed by atoms with Crippen molar-refractivity contribution in [1.29, 1.82) is 0 Å². The van der Waals surface area contributed by atoms with Crippen molar-refractivity contribution in [3.63, 3.8) is 0 Å². The van der Waals surface area contributed by atoms with E-state index < -0.39 is 17.8 Å². The minimum absolute atomic E-state index is 0.0151. The van der Waals surface area contributed by atoms with Crippen molar-refractivity contribution in [3.8, 4) is 5.75 Å². The van der Waals surface area contributed by atoms with Crippen molar-refractivity contribution in [2.75, 3.05) is 4.90 Å². The molecule has 0 spiro atoms. The highest BCUT2D eigenvalue weighted by Gasteiger charge is 2.35. The third-order valence-electron chi connectivity index (χ3n) is 5.51. The van der Waals surface area contributed by atoms with E-state index in [4.69, 9.17) is 12.2 Å². The van der Waals surface area contributed by atoms with Gasteiger partial charge >= 0.3 is 5.97 Å². The monoisotopic (exact) mass is 480 g/mol. The number of carbonyl (C=O) groups is 3. The number of hydrogen-bond donors (Lipinski definition) is 3. The van der Waals surface area contributed by atoms with E-state index in [0.29, 0.717) is 16.7 Å². The molecule has 0 atom stereocenters. The Kier molecular flexibility index (Phi) is 6.41. The van der Waals surface area contributed by atoms with Gasteiger partial charge in [-0.1, -0.05) is 47.6 Å². The predicted molar refractivity (Wildman–Crippen MR) is 135 cm³/mol. The van der Waals surface area contributed by atoms with E-state index in [1.165, 1.54) is 24.3 Å². The quantitative estimate of drug-likeness (QED) is 0.339. The minimum atomic E-state index is -1.15. The van der Waals surface area contributed by atoms with Gasteiger partial charge in [0, 0.05) is 11.1 Å². The molecule has 3 rings (SSSR count). The van der Waals surface area contributed by atoms with Gasteiger partial charge in [-0.15, -0.1) is 0 Å². The Hall–Kier alpha value is -3.52. The average Bonchev–Trinajstić information content (AvgIpc) is 2.70. The summed E-state index contributed by atoms with van der Waals surface area (Å²) < 4.78 is 0. The van der Waals surface area contributed by atoms with Crippen LogP contribution in [-0.4, -0.2) is 33.1 Å². The molecule has 1 heterocycles. The van der Waals surface area contributed by atoms with E-state index in [1.54, 1.807) is 18.2 Å². The number of amides is 2. The molecule has 0 bridgehead atoms. The molecule has 0 aromatic heterocycles. The number of hydrogen-bond acceptors (Lipinski definition) is 5. The molecule has 0 aliphatic carbocycles. The van der Waals surface area contributed by atoms with Crippen molar-refractivity contribution in [3.05, 3.63) is 64.2 Å². The third-order valence-corrected chi connectivity index (χ3v) is 5.80. The lowest BCUT2D eigenvalue weighted by atomic mass is 9.78. The maximum absolute atomic E-state index is 13.4. The maximum Gasteiger partial charge on any atom is 0.335 e. The molecule has 0 unspecified atom stereocenters. The van der Waals surface area contributed by atoms with Crippen LogP contribution in [0.15, 0.2) is 42.0 Å². The number of phenols is 1. The van der Waals surface area contributed by atoms with Crippen LogP contribution in [0.1, 0.15) is 68.6 Å². The van der Waals surface area contributed by atoms with Crippen molar-refractivity contribution in [1.82, 2.24) is 5.32 Å². The first kappa shape index (κ1) is 25.1. The first-order chi connectivity index (χ1) is 15.6. The first-order valence-electron chi connectivity index (χ1n) is 10.7. The zero-order valence-corrected chi connectivity index (χ0v) is 20.8. The summed E-state index contributed by atoms with van der Waals surface area (Å²) in [6.07, 6.45) is 1.47. The number of anilines is 1. The third kappa shape index (κ3) is 4.87. The number of nitrogens with one attached hydrogen (secondary N) is 1. The summed E-state index contributed by atoms with van der Waals surface area (Å²) in [6.45, 7) is 11.8. The van der Waals surface area contributed by atoms with Crippen LogP contribution in [-0.2, 0) is 20.4 Å². The number of carbonyl (C=O) groups excluding carboxylic acids is 2. The van der Waals surface area contributed by atoms with Crippen LogP contribution in [0.25, 0.3) is 6.08 Å². The molecule has 1 fully saturated rings. The highest BCUT2D eigenvalue weighted by atomic mass is 32.1. The molecular weight excluding hydrogens is 452 g/mol. The van der Waals surface area contributed by atoms with Gasteiger partial charge in [-0.05, 0) is 65.0 Å². The molecule has 1 aliphatic rings. The maximum atomic E-state index is 13.4. The summed E-state index contributed by atoms with van der Waals surface area (Å²) >= 11 is 5.21. The Morgan fingerprint density at radius 1 is 1.00 bits per heavy atom. The minimum Gasteiger partial charge on any atom is -0.507 e. The molecule has 8 heteroatoms. The van der Waals surface area contributed by atoms with Crippen LogP contribution >= 0.6 is 12.2 Å². The first-order valence-corrected chi connectivity index (χ1v) is 11.1. The Morgan fingerprint density at radius 3 is 2.06 bits per heavy atom. The average molecular weight is 481 g/mol. The normalized spacial score (nSPS) is 16.1. The molecule has 2 aromatic carbocycles. The fourth-order valence-corrected chi connectivity index (χ4v) is 4.00. The van der Waals surface area contributed by atoms with Gasteiger partial charge in [0.2, 0.25) is 0 Å². The molecule has 1 saturated heterocycles. The van der Waals surface area contributed by atoms with Gasteiger partial charge in [-0.3, -0.25) is 19.8 Å². The fourth-order valence-electron chi connectivity index (χ4n) is 3.72. The second-order valence-electron chi connectivity index (χ2n) is 10.3. The number of thiocarbonyl (C=S) groups is 1. The van der Waals surface area contributed by atoms with Crippen LogP contribution < -0.4 is 10.2 Å². The zero-order valence-electron chi connectivity index (χ0n) is 20.0. The van der Waals surface area contributed by atoms with Gasteiger partial charge in [0.25, 0.3) is 11.8 Å². The van der Waals surface area contributed by atoms with Crippen LogP contribution in [0.2, 0.25) is 0 Å². The molecule has 1 aliphatic heterocycles. The number of benzene rings is 2. The SMILES string of the molecule is CC(C)(C)c1cc(C=C2C(=O)NC(=S)N(c3cccc(C(=O)O)c3)C2=O)cc(C(C)(C)C)c1O. The van der Waals surface area contributed by atoms with Crippen molar-refractivity contribution in [2.45, 2.75) is 52.4 Å². The highest BCUT2D eigenvalue weighted by Crippen LogP contribution is 2.40. The van der Waals surface area contributed by atoms with Gasteiger partial charge in [0.05, 0.1) is 11.3 Å². The highest BCUT2D eigenvalue weighted by molar-refractivity contribution is 7.80. The Morgan fingerprint density at radius 2 is 1.56 bits per heavy atom. The molecule has 0 radical (unpaired) electrons. The number of aromatic hydroxyl groups is 1. The van der Waals surface area contributed by atoms with Gasteiger partial charge < -0.3 is 10.2 Å². The van der Waals surface area contributed by atoms with Crippen molar-refractivity contribution in [2.24, 2.45) is 0 Å². The summed E-state index contributed by atoms with van der Waals surface area (Å²) in [5, 5.41) is 22.6. The number of carboxylic acids is 1. The lowest BCUT2D eigenvalue weighted by Gasteiger charge is -2.30. The van der Waals surface area contributed by atoms with Crippen molar-refractivity contribution < 1.29 is 24.6 Å². The number of nitrogens with zero attached hydrogens (tertiary/aromatic N) is 1. The lowest BCUT2D eigenvalue weighted by molar-refractivity contribution is -0.122. The lowest BCUT2D eigenvalue weighted by Crippen LogP contribution is -2.54. The molecule has 7 nitrogen and oxygen atoms in total. The van der Waals surface area contributed by atoms with E-state index in [2.05, 4.69) is 5.32 Å². The standard InChI is InChI=1S/C26H28N2O5S/c1-25(2,3)18-11-14(12-19(20(18)29)26(4,5)6)10-17-21(30)27-24(34)28(22(17)31)16-9-7-8-15(13-16)23(32)33/h7-13,29H,1-6H3,(H,32,33)(H,27,30,34). The summed E-state index contributed by atoms with van der Waals surface area (Å²) in [5.74, 6) is -2.28. The molecule has 3 N–H and O–H groups in total. The molecular formula is C26H28N2O5S. The molecule has 2 aromatic rings. The van der Waals surface area contributed by atoms with Crippen LogP contribution in [0.4, 0.5) is 5.69 Å². The van der Waals surface area contributed by atoms with E-state index in [9.17, 15) is 24.6 Å². The fraction of sp³-hybridized carbons (Fsp3) is 0.308. The van der Waals surface area contributed by atoms with Crippen LogP contribution in [0, 0.1) is 0 Å². The Bertz CT molecular complexity index is 1210. The topological polar surface area (TPSA) is 107 Å². The molecule has 2 amide bonds. The summed E-state index contributed by atoms with van der Waals surface area (Å²) in [6, 6.07) is 9.29. The number of rotatable bonds is 3. The van der Waals surface area contributed by atoms with Gasteiger partial charge in [-0.25, -0.2) is 4.79 Å². The second-order valence-corrected chi connectivity index (χ2v) is 10.7. The van der Waals surface area contributed by atoms with E-state index in [0.717, 1.165) is 4.90 Å².